The lowest BCUT2D eigenvalue weighted by molar-refractivity contribution is -0.128. The molecule has 0 aliphatic carbocycles. The summed E-state index contributed by atoms with van der Waals surface area (Å²) >= 11 is 0. The van der Waals surface area contributed by atoms with Gasteiger partial charge in [-0.15, -0.1) is 0 Å². The van der Waals surface area contributed by atoms with Crippen LogP contribution >= 0.6 is 0 Å². The molecule has 1 aliphatic heterocycles. The van der Waals surface area contributed by atoms with Crippen molar-refractivity contribution >= 4 is 5.91 Å². The number of rotatable bonds is 8. The molecule has 1 fully saturated rings. The molecule has 1 heterocycles. The SMILES string of the molecule is CC(C)CN1C[C@@H](COc2cccc(F)c2)C[C@@H](C(=O)NCCO)C1. The van der Waals surface area contributed by atoms with E-state index in [1.165, 1.54) is 12.1 Å². The largest absolute Gasteiger partial charge is 0.493 e. The summed E-state index contributed by atoms with van der Waals surface area (Å²) in [6.45, 7) is 7.54. The zero-order chi connectivity index (χ0) is 18.2. The molecule has 1 aromatic rings. The highest BCUT2D eigenvalue weighted by molar-refractivity contribution is 5.79. The van der Waals surface area contributed by atoms with E-state index in [0.29, 0.717) is 18.3 Å². The topological polar surface area (TPSA) is 61.8 Å². The van der Waals surface area contributed by atoms with Crippen LogP contribution in [0.2, 0.25) is 0 Å². The van der Waals surface area contributed by atoms with E-state index in [2.05, 4.69) is 24.1 Å². The molecule has 0 bridgehead atoms. The van der Waals surface area contributed by atoms with E-state index < -0.39 is 0 Å². The van der Waals surface area contributed by atoms with Gasteiger partial charge in [-0.3, -0.25) is 4.79 Å². The summed E-state index contributed by atoms with van der Waals surface area (Å²) in [5.41, 5.74) is 0. The molecule has 5 nitrogen and oxygen atoms in total. The van der Waals surface area contributed by atoms with Gasteiger partial charge in [0.15, 0.2) is 0 Å². The maximum Gasteiger partial charge on any atom is 0.224 e. The first-order valence-corrected chi connectivity index (χ1v) is 8.97. The predicted molar refractivity (Wildman–Crippen MR) is 94.9 cm³/mol. The van der Waals surface area contributed by atoms with E-state index in [9.17, 15) is 9.18 Å². The summed E-state index contributed by atoms with van der Waals surface area (Å²) in [7, 11) is 0. The van der Waals surface area contributed by atoms with Gasteiger partial charge in [-0.2, -0.15) is 0 Å². The van der Waals surface area contributed by atoms with E-state index in [1.807, 2.05) is 0 Å². The zero-order valence-electron chi connectivity index (χ0n) is 15.1. The summed E-state index contributed by atoms with van der Waals surface area (Å²) in [6.07, 6.45) is 0.737. The van der Waals surface area contributed by atoms with Crippen molar-refractivity contribution < 1.29 is 19.0 Å². The van der Waals surface area contributed by atoms with Crippen molar-refractivity contribution in [3.63, 3.8) is 0 Å². The molecular formula is C19H29FN2O3. The first-order chi connectivity index (χ1) is 12.0. The van der Waals surface area contributed by atoms with Crippen LogP contribution in [-0.2, 0) is 4.79 Å². The first kappa shape index (κ1) is 19.7. The third kappa shape index (κ3) is 6.63. The van der Waals surface area contributed by atoms with Gasteiger partial charge in [-0.25, -0.2) is 4.39 Å². The molecule has 2 rings (SSSR count). The number of aliphatic hydroxyl groups excluding tert-OH is 1. The molecule has 0 saturated carbocycles. The van der Waals surface area contributed by atoms with Gasteiger partial charge in [-0.05, 0) is 24.5 Å². The van der Waals surface area contributed by atoms with Crippen molar-refractivity contribution in [3.05, 3.63) is 30.1 Å². The highest BCUT2D eigenvalue weighted by Crippen LogP contribution is 2.24. The molecule has 2 N–H and O–H groups in total. The van der Waals surface area contributed by atoms with Crippen LogP contribution in [-0.4, -0.2) is 55.3 Å². The van der Waals surface area contributed by atoms with Crippen molar-refractivity contribution in [2.45, 2.75) is 20.3 Å². The van der Waals surface area contributed by atoms with Crippen molar-refractivity contribution in [1.82, 2.24) is 10.2 Å². The number of hydrogen-bond acceptors (Lipinski definition) is 4. The molecule has 0 unspecified atom stereocenters. The number of amides is 1. The Kier molecular flexibility index (Phi) is 7.65. The maximum atomic E-state index is 13.3. The molecule has 140 valence electrons. The summed E-state index contributed by atoms with van der Waals surface area (Å²) in [4.78, 5) is 14.6. The number of likely N-dealkylation sites (tertiary alicyclic amines) is 1. The van der Waals surface area contributed by atoms with Crippen LogP contribution in [0.5, 0.6) is 5.75 Å². The van der Waals surface area contributed by atoms with Crippen molar-refractivity contribution in [1.29, 1.82) is 0 Å². The second kappa shape index (κ2) is 9.73. The Bertz CT molecular complexity index is 553. The van der Waals surface area contributed by atoms with Crippen LogP contribution in [0.25, 0.3) is 0 Å². The average Bonchev–Trinajstić information content (AvgIpc) is 2.57. The van der Waals surface area contributed by atoms with E-state index in [0.717, 1.165) is 26.1 Å². The molecule has 2 atom stereocenters. The van der Waals surface area contributed by atoms with Crippen LogP contribution in [0.1, 0.15) is 20.3 Å². The van der Waals surface area contributed by atoms with Gasteiger partial charge in [0, 0.05) is 38.2 Å². The monoisotopic (exact) mass is 352 g/mol. The minimum absolute atomic E-state index is 0.0155. The van der Waals surface area contributed by atoms with Crippen LogP contribution in [0.3, 0.4) is 0 Å². The van der Waals surface area contributed by atoms with Crippen molar-refractivity contribution in [3.8, 4) is 5.75 Å². The molecule has 0 aromatic heterocycles. The molecule has 0 radical (unpaired) electrons. The number of aliphatic hydroxyl groups is 1. The lowest BCUT2D eigenvalue weighted by Crippen LogP contribution is -2.48. The molecule has 0 spiro atoms. The van der Waals surface area contributed by atoms with Crippen LogP contribution in [0, 0.1) is 23.6 Å². The molecule has 1 amide bonds. The van der Waals surface area contributed by atoms with Gasteiger partial charge < -0.3 is 20.1 Å². The summed E-state index contributed by atoms with van der Waals surface area (Å²) in [5.74, 6) is 0.800. The standard InChI is InChI=1S/C19H29FN2O3/c1-14(2)10-22-11-15(8-16(12-22)19(24)21-6-7-23)13-25-18-5-3-4-17(20)9-18/h3-5,9,14-16,23H,6-8,10-13H2,1-2H3,(H,21,24)/t15-,16+/m0/s1. The number of piperidine rings is 1. The fraction of sp³-hybridized carbons (Fsp3) is 0.632. The number of carbonyl (C=O) groups is 1. The highest BCUT2D eigenvalue weighted by Gasteiger charge is 2.32. The number of halogens is 1. The quantitative estimate of drug-likeness (QED) is 0.750. The second-order valence-corrected chi connectivity index (χ2v) is 7.19. The van der Waals surface area contributed by atoms with Crippen molar-refractivity contribution in [2.75, 3.05) is 39.4 Å². The Morgan fingerprint density at radius 1 is 1.44 bits per heavy atom. The van der Waals surface area contributed by atoms with E-state index in [-0.39, 0.29) is 36.7 Å². The van der Waals surface area contributed by atoms with Crippen LogP contribution in [0.4, 0.5) is 4.39 Å². The molecule has 6 heteroatoms. The van der Waals surface area contributed by atoms with Crippen LogP contribution in [0.15, 0.2) is 24.3 Å². The van der Waals surface area contributed by atoms with Gasteiger partial charge in [0.05, 0.1) is 19.1 Å². The summed E-state index contributed by atoms with van der Waals surface area (Å²) in [6, 6.07) is 6.13. The van der Waals surface area contributed by atoms with Crippen LogP contribution < -0.4 is 10.1 Å². The van der Waals surface area contributed by atoms with Gasteiger partial charge >= 0.3 is 0 Å². The van der Waals surface area contributed by atoms with E-state index in [4.69, 9.17) is 9.84 Å². The number of carbonyl (C=O) groups excluding carboxylic acids is 1. The molecule has 1 saturated heterocycles. The lowest BCUT2D eigenvalue weighted by atomic mass is 9.88. The minimum atomic E-state index is -0.316. The van der Waals surface area contributed by atoms with Gasteiger partial charge in [0.25, 0.3) is 0 Å². The third-order valence-corrected chi connectivity index (χ3v) is 4.30. The summed E-state index contributed by atoms with van der Waals surface area (Å²) in [5, 5.41) is 11.7. The third-order valence-electron chi connectivity index (χ3n) is 4.30. The molecule has 1 aliphatic rings. The molecule has 1 aromatic carbocycles. The van der Waals surface area contributed by atoms with Crippen molar-refractivity contribution in [2.24, 2.45) is 17.8 Å². The number of ether oxygens (including phenoxy) is 1. The zero-order valence-corrected chi connectivity index (χ0v) is 15.1. The van der Waals surface area contributed by atoms with E-state index >= 15 is 0 Å². The highest BCUT2D eigenvalue weighted by atomic mass is 19.1. The fourth-order valence-electron chi connectivity index (χ4n) is 3.37. The fourth-order valence-corrected chi connectivity index (χ4v) is 3.37. The van der Waals surface area contributed by atoms with Gasteiger partial charge in [-0.1, -0.05) is 19.9 Å². The van der Waals surface area contributed by atoms with Gasteiger partial charge in [0.2, 0.25) is 5.91 Å². The lowest BCUT2D eigenvalue weighted by Gasteiger charge is -2.37. The smallest absolute Gasteiger partial charge is 0.224 e. The second-order valence-electron chi connectivity index (χ2n) is 7.19. The maximum absolute atomic E-state index is 13.3. The Morgan fingerprint density at radius 3 is 2.92 bits per heavy atom. The Balaban J connectivity index is 1.95. The number of nitrogens with one attached hydrogen (secondary N) is 1. The molecular weight excluding hydrogens is 323 g/mol. The number of nitrogens with zero attached hydrogens (tertiary/aromatic N) is 1. The number of benzene rings is 1. The average molecular weight is 352 g/mol. The normalized spacial score (nSPS) is 21.3. The van der Waals surface area contributed by atoms with E-state index in [1.54, 1.807) is 12.1 Å². The summed E-state index contributed by atoms with van der Waals surface area (Å²) < 4.78 is 19.0. The first-order valence-electron chi connectivity index (χ1n) is 8.97. The Labute approximate surface area is 149 Å². The Morgan fingerprint density at radius 2 is 2.24 bits per heavy atom. The predicted octanol–water partition coefficient (Wildman–Crippen LogP) is 1.91. The van der Waals surface area contributed by atoms with Gasteiger partial charge in [0.1, 0.15) is 11.6 Å². The number of hydrogen-bond donors (Lipinski definition) is 2. The molecule has 25 heavy (non-hydrogen) atoms. The Hall–Kier alpha value is -1.66. The minimum Gasteiger partial charge on any atom is -0.493 e.